The van der Waals surface area contributed by atoms with Crippen molar-refractivity contribution in [1.82, 2.24) is 14.8 Å². The molecule has 7 nitrogen and oxygen atoms in total. The second-order valence-electron chi connectivity index (χ2n) is 7.61. The maximum Gasteiger partial charge on any atom is 0.329 e. The highest BCUT2D eigenvalue weighted by Crippen LogP contribution is 2.24. The number of amides is 2. The van der Waals surface area contributed by atoms with Gasteiger partial charge >= 0.3 is 6.03 Å². The Bertz CT molecular complexity index is 1010. The fourth-order valence-corrected chi connectivity index (χ4v) is 3.67. The molecule has 0 bridgehead atoms. The average molecular weight is 406 g/mol. The first-order valence-electron chi connectivity index (χ1n) is 10.3. The first kappa shape index (κ1) is 19.9. The Morgan fingerprint density at radius 3 is 2.77 bits per heavy atom. The Balaban J connectivity index is 1.65. The smallest absolute Gasteiger partial charge is 0.329 e. The standard InChI is InChI=1S/C23H27N5O2/c1-17-10-12-18(13-11-17)16-28(22-26-25-21-9-4-3-5-14-27(21)22)23(29)24-19-7-6-8-20(15-19)30-2/h6-8,10-13,15H,3-5,9,14,16H2,1-2H3,(H,24,29). The number of nitrogens with one attached hydrogen (secondary N) is 1. The largest absolute Gasteiger partial charge is 0.497 e. The van der Waals surface area contributed by atoms with Crippen LogP contribution in [0.5, 0.6) is 5.75 Å². The molecular weight excluding hydrogens is 378 g/mol. The third-order valence-electron chi connectivity index (χ3n) is 5.36. The molecule has 1 aliphatic heterocycles. The molecule has 0 atom stereocenters. The zero-order valence-corrected chi connectivity index (χ0v) is 17.5. The fraction of sp³-hybridized carbons (Fsp3) is 0.348. The molecule has 2 heterocycles. The minimum Gasteiger partial charge on any atom is -0.497 e. The number of anilines is 2. The third kappa shape index (κ3) is 4.45. The summed E-state index contributed by atoms with van der Waals surface area (Å²) in [4.78, 5) is 15.0. The lowest BCUT2D eigenvalue weighted by Crippen LogP contribution is -2.36. The van der Waals surface area contributed by atoms with E-state index in [1.54, 1.807) is 18.1 Å². The van der Waals surface area contributed by atoms with Crippen molar-refractivity contribution in [2.24, 2.45) is 0 Å². The number of nitrogens with zero attached hydrogens (tertiary/aromatic N) is 4. The van der Waals surface area contributed by atoms with Crippen LogP contribution in [0.2, 0.25) is 0 Å². The summed E-state index contributed by atoms with van der Waals surface area (Å²) in [6.45, 7) is 3.29. The van der Waals surface area contributed by atoms with Gasteiger partial charge in [-0.05, 0) is 37.5 Å². The van der Waals surface area contributed by atoms with Crippen LogP contribution in [0.15, 0.2) is 48.5 Å². The summed E-state index contributed by atoms with van der Waals surface area (Å²) in [6.07, 6.45) is 4.22. The number of methoxy groups -OCH3 is 1. The maximum absolute atomic E-state index is 13.3. The number of aromatic nitrogens is 3. The van der Waals surface area contributed by atoms with E-state index in [9.17, 15) is 4.79 Å². The van der Waals surface area contributed by atoms with Crippen LogP contribution in [-0.2, 0) is 19.5 Å². The Hall–Kier alpha value is -3.35. The minimum absolute atomic E-state index is 0.247. The lowest BCUT2D eigenvalue weighted by Gasteiger charge is -2.23. The summed E-state index contributed by atoms with van der Waals surface area (Å²) in [5.74, 6) is 2.23. The highest BCUT2D eigenvalue weighted by Gasteiger charge is 2.25. The number of carbonyl (C=O) groups excluding carboxylic acids is 1. The normalized spacial score (nSPS) is 13.3. The number of rotatable bonds is 5. The van der Waals surface area contributed by atoms with E-state index in [4.69, 9.17) is 4.74 Å². The molecule has 0 unspecified atom stereocenters. The molecule has 0 saturated heterocycles. The molecule has 2 aromatic carbocycles. The Morgan fingerprint density at radius 1 is 1.13 bits per heavy atom. The number of benzene rings is 2. The number of carbonyl (C=O) groups is 1. The predicted molar refractivity (Wildman–Crippen MR) is 117 cm³/mol. The number of urea groups is 1. The van der Waals surface area contributed by atoms with Crippen molar-refractivity contribution in [2.45, 2.75) is 45.7 Å². The van der Waals surface area contributed by atoms with Gasteiger partial charge in [-0.3, -0.25) is 9.47 Å². The van der Waals surface area contributed by atoms with Gasteiger partial charge in [0.1, 0.15) is 11.6 Å². The first-order valence-corrected chi connectivity index (χ1v) is 10.3. The van der Waals surface area contributed by atoms with E-state index in [-0.39, 0.29) is 6.03 Å². The summed E-state index contributed by atoms with van der Waals surface area (Å²) in [6, 6.07) is 15.3. The number of fused-ring (bicyclic) bond motifs is 1. The summed E-state index contributed by atoms with van der Waals surface area (Å²) >= 11 is 0. The van der Waals surface area contributed by atoms with Crippen LogP contribution in [0.1, 0.15) is 36.2 Å². The molecule has 156 valence electrons. The van der Waals surface area contributed by atoms with Crippen LogP contribution in [0, 0.1) is 6.92 Å². The lowest BCUT2D eigenvalue weighted by molar-refractivity contribution is 0.256. The van der Waals surface area contributed by atoms with Crippen molar-refractivity contribution in [3.05, 3.63) is 65.5 Å². The van der Waals surface area contributed by atoms with Crippen LogP contribution in [0.4, 0.5) is 16.4 Å². The van der Waals surface area contributed by atoms with E-state index in [0.717, 1.165) is 43.6 Å². The molecule has 2 amide bonds. The third-order valence-corrected chi connectivity index (χ3v) is 5.36. The SMILES string of the molecule is COc1cccc(NC(=O)N(Cc2ccc(C)cc2)c2nnc3n2CCCCC3)c1. The molecule has 1 aromatic heterocycles. The molecule has 1 N–H and O–H groups in total. The Morgan fingerprint density at radius 2 is 1.97 bits per heavy atom. The summed E-state index contributed by atoms with van der Waals surface area (Å²) in [5, 5.41) is 11.8. The number of aryl methyl sites for hydroxylation is 2. The van der Waals surface area contributed by atoms with Gasteiger partial charge in [-0.15, -0.1) is 10.2 Å². The van der Waals surface area contributed by atoms with Gasteiger partial charge in [0.05, 0.1) is 13.7 Å². The monoisotopic (exact) mass is 405 g/mol. The molecular formula is C23H27N5O2. The molecule has 4 rings (SSSR count). The molecule has 0 spiro atoms. The first-order chi connectivity index (χ1) is 14.6. The van der Waals surface area contributed by atoms with E-state index < -0.39 is 0 Å². The van der Waals surface area contributed by atoms with Crippen LogP contribution in [0.3, 0.4) is 0 Å². The van der Waals surface area contributed by atoms with Crippen molar-refractivity contribution >= 4 is 17.7 Å². The lowest BCUT2D eigenvalue weighted by atomic mass is 10.1. The summed E-state index contributed by atoms with van der Waals surface area (Å²) < 4.78 is 7.36. The topological polar surface area (TPSA) is 72.3 Å². The van der Waals surface area contributed by atoms with Gasteiger partial charge in [0.15, 0.2) is 0 Å². The Kier molecular flexibility index (Phi) is 5.97. The molecule has 3 aromatic rings. The van der Waals surface area contributed by atoms with Gasteiger partial charge in [-0.1, -0.05) is 42.3 Å². The van der Waals surface area contributed by atoms with Crippen molar-refractivity contribution in [2.75, 3.05) is 17.3 Å². The quantitative estimate of drug-likeness (QED) is 0.675. The molecule has 0 fully saturated rings. The number of hydrogen-bond acceptors (Lipinski definition) is 4. The molecule has 0 aliphatic carbocycles. The van der Waals surface area contributed by atoms with E-state index in [2.05, 4.69) is 39.1 Å². The van der Waals surface area contributed by atoms with Crippen LogP contribution in [-0.4, -0.2) is 27.9 Å². The molecule has 0 radical (unpaired) electrons. The Labute approximate surface area is 176 Å². The van der Waals surface area contributed by atoms with E-state index >= 15 is 0 Å². The van der Waals surface area contributed by atoms with Crippen molar-refractivity contribution in [1.29, 1.82) is 0 Å². The second kappa shape index (κ2) is 8.98. The van der Waals surface area contributed by atoms with E-state index in [1.165, 1.54) is 5.56 Å². The molecule has 1 aliphatic rings. The van der Waals surface area contributed by atoms with Gasteiger partial charge in [0.25, 0.3) is 0 Å². The minimum atomic E-state index is -0.247. The van der Waals surface area contributed by atoms with Crippen LogP contribution in [0.25, 0.3) is 0 Å². The zero-order chi connectivity index (χ0) is 20.9. The second-order valence-corrected chi connectivity index (χ2v) is 7.61. The molecule has 30 heavy (non-hydrogen) atoms. The van der Waals surface area contributed by atoms with E-state index in [1.807, 2.05) is 30.3 Å². The number of hydrogen-bond donors (Lipinski definition) is 1. The fourth-order valence-electron chi connectivity index (χ4n) is 3.67. The zero-order valence-electron chi connectivity index (χ0n) is 17.5. The van der Waals surface area contributed by atoms with E-state index in [0.29, 0.717) is 23.9 Å². The highest BCUT2D eigenvalue weighted by molar-refractivity contribution is 6.00. The maximum atomic E-state index is 13.3. The predicted octanol–water partition coefficient (Wildman–Crippen LogP) is 4.56. The van der Waals surface area contributed by atoms with Crippen LogP contribution < -0.4 is 15.0 Å². The average Bonchev–Trinajstić information content (AvgIpc) is 3.00. The van der Waals surface area contributed by atoms with Crippen molar-refractivity contribution in [3.8, 4) is 5.75 Å². The van der Waals surface area contributed by atoms with Gasteiger partial charge in [0, 0.05) is 24.7 Å². The summed E-state index contributed by atoms with van der Waals surface area (Å²) in [7, 11) is 1.61. The highest BCUT2D eigenvalue weighted by atomic mass is 16.5. The van der Waals surface area contributed by atoms with Crippen LogP contribution >= 0.6 is 0 Å². The van der Waals surface area contributed by atoms with Gasteiger partial charge in [-0.2, -0.15) is 0 Å². The number of ether oxygens (including phenoxy) is 1. The van der Waals surface area contributed by atoms with Crippen molar-refractivity contribution in [3.63, 3.8) is 0 Å². The summed E-state index contributed by atoms with van der Waals surface area (Å²) in [5.41, 5.74) is 2.89. The molecule has 7 heteroatoms. The van der Waals surface area contributed by atoms with Gasteiger partial charge in [0.2, 0.25) is 5.95 Å². The van der Waals surface area contributed by atoms with Crippen molar-refractivity contribution < 1.29 is 9.53 Å². The van der Waals surface area contributed by atoms with Gasteiger partial charge < -0.3 is 10.1 Å². The van der Waals surface area contributed by atoms with Gasteiger partial charge in [-0.25, -0.2) is 4.79 Å². The molecule has 0 saturated carbocycles.